The van der Waals surface area contributed by atoms with E-state index in [9.17, 15) is 14.4 Å². The molecule has 1 saturated carbocycles. The van der Waals surface area contributed by atoms with E-state index in [0.717, 1.165) is 25.7 Å². The molecule has 2 aliphatic rings. The van der Waals surface area contributed by atoms with E-state index in [1.54, 1.807) is 12.1 Å². The number of nitrogens with zero attached hydrogens (tertiary/aromatic N) is 4. The topological polar surface area (TPSA) is 113 Å². The lowest BCUT2D eigenvalue weighted by molar-refractivity contribution is -0.129. The van der Waals surface area contributed by atoms with Crippen LogP contribution in [0.4, 0.5) is 5.69 Å². The SMILES string of the molecule is O=C(Nc1ccccc1-n1ncc2c(=O)[nH]cnc21)C1CC(=O)N(C2CCCC2)C1. The van der Waals surface area contributed by atoms with Gasteiger partial charge in [-0.1, -0.05) is 25.0 Å². The number of para-hydroxylation sites is 2. The number of aromatic amines is 1. The van der Waals surface area contributed by atoms with Crippen molar-refractivity contribution >= 4 is 28.5 Å². The van der Waals surface area contributed by atoms with Crippen molar-refractivity contribution in [3.63, 3.8) is 0 Å². The number of nitrogens with one attached hydrogen (secondary N) is 2. The Labute approximate surface area is 172 Å². The van der Waals surface area contributed by atoms with Crippen molar-refractivity contribution in [2.45, 2.75) is 38.1 Å². The Kier molecular flexibility index (Phi) is 4.57. The van der Waals surface area contributed by atoms with Gasteiger partial charge in [0.05, 0.1) is 29.8 Å². The van der Waals surface area contributed by atoms with E-state index < -0.39 is 0 Å². The van der Waals surface area contributed by atoms with Crippen LogP contribution < -0.4 is 10.9 Å². The molecule has 9 heteroatoms. The molecule has 5 rings (SSSR count). The van der Waals surface area contributed by atoms with E-state index in [1.807, 2.05) is 17.0 Å². The molecule has 2 aromatic heterocycles. The first-order chi connectivity index (χ1) is 14.6. The van der Waals surface area contributed by atoms with Crippen molar-refractivity contribution in [1.29, 1.82) is 0 Å². The Morgan fingerprint density at radius 1 is 1.17 bits per heavy atom. The number of benzene rings is 1. The minimum absolute atomic E-state index is 0.0665. The molecule has 1 aromatic carbocycles. The molecular formula is C21H22N6O3. The second-order valence-electron chi connectivity index (χ2n) is 7.92. The lowest BCUT2D eigenvalue weighted by atomic mass is 10.1. The average Bonchev–Trinajstić information content (AvgIpc) is 3.48. The van der Waals surface area contributed by atoms with Crippen molar-refractivity contribution in [3.05, 3.63) is 47.1 Å². The van der Waals surface area contributed by atoms with Gasteiger partial charge in [-0.05, 0) is 25.0 Å². The summed E-state index contributed by atoms with van der Waals surface area (Å²) in [5.41, 5.74) is 1.30. The summed E-state index contributed by atoms with van der Waals surface area (Å²) in [6.45, 7) is 0.471. The van der Waals surface area contributed by atoms with E-state index in [0.29, 0.717) is 29.0 Å². The molecule has 30 heavy (non-hydrogen) atoms. The first-order valence-electron chi connectivity index (χ1n) is 10.2. The van der Waals surface area contributed by atoms with Crippen LogP contribution in [0.3, 0.4) is 0 Å². The van der Waals surface area contributed by atoms with Gasteiger partial charge in [-0.3, -0.25) is 14.4 Å². The summed E-state index contributed by atoms with van der Waals surface area (Å²) in [6, 6.07) is 7.50. The standard InChI is InChI=1S/C21H22N6O3/c28-18-9-13(11-26(18)14-5-1-2-6-14)20(29)25-16-7-3-4-8-17(16)27-19-15(10-24-27)21(30)23-12-22-19/h3-4,7-8,10,12-14H,1-2,5-6,9,11H2,(H,25,29)(H,22,23,30). The summed E-state index contributed by atoms with van der Waals surface area (Å²) >= 11 is 0. The molecule has 3 aromatic rings. The molecule has 0 spiro atoms. The zero-order valence-corrected chi connectivity index (χ0v) is 16.4. The van der Waals surface area contributed by atoms with Gasteiger partial charge in [-0.2, -0.15) is 5.10 Å². The molecular weight excluding hydrogens is 384 g/mol. The minimum Gasteiger partial charge on any atom is -0.339 e. The highest BCUT2D eigenvalue weighted by molar-refractivity contribution is 5.98. The Hall–Kier alpha value is -3.49. The average molecular weight is 406 g/mol. The van der Waals surface area contributed by atoms with Crippen molar-refractivity contribution in [1.82, 2.24) is 24.6 Å². The lowest BCUT2D eigenvalue weighted by Crippen LogP contribution is -2.35. The number of amides is 2. The predicted octanol–water partition coefficient (Wildman–Crippen LogP) is 1.84. The Morgan fingerprint density at radius 3 is 2.80 bits per heavy atom. The fourth-order valence-electron chi connectivity index (χ4n) is 4.51. The molecule has 154 valence electrons. The molecule has 2 amide bonds. The number of likely N-dealkylation sites (tertiary alicyclic amines) is 1. The van der Waals surface area contributed by atoms with E-state index in [2.05, 4.69) is 20.4 Å². The summed E-state index contributed by atoms with van der Waals surface area (Å²) in [6.07, 6.45) is 7.37. The van der Waals surface area contributed by atoms with Crippen LogP contribution >= 0.6 is 0 Å². The lowest BCUT2D eigenvalue weighted by Gasteiger charge is -2.24. The van der Waals surface area contributed by atoms with Crippen molar-refractivity contribution < 1.29 is 9.59 Å². The maximum absolute atomic E-state index is 13.0. The monoisotopic (exact) mass is 406 g/mol. The fraction of sp³-hybridized carbons (Fsp3) is 0.381. The first kappa shape index (κ1) is 18.5. The van der Waals surface area contributed by atoms with Gasteiger partial charge in [-0.25, -0.2) is 9.67 Å². The number of hydrogen-bond donors (Lipinski definition) is 2. The fourth-order valence-corrected chi connectivity index (χ4v) is 4.51. The molecule has 1 saturated heterocycles. The molecule has 0 bridgehead atoms. The highest BCUT2D eigenvalue weighted by atomic mass is 16.2. The number of hydrogen-bond acceptors (Lipinski definition) is 5. The van der Waals surface area contributed by atoms with Crippen LogP contribution in [-0.2, 0) is 9.59 Å². The highest BCUT2D eigenvalue weighted by Crippen LogP contribution is 2.30. The van der Waals surface area contributed by atoms with E-state index >= 15 is 0 Å². The van der Waals surface area contributed by atoms with Gasteiger partial charge in [0.15, 0.2) is 5.65 Å². The van der Waals surface area contributed by atoms with Gasteiger partial charge in [0, 0.05) is 19.0 Å². The Morgan fingerprint density at radius 2 is 1.97 bits per heavy atom. The summed E-state index contributed by atoms with van der Waals surface area (Å²) in [4.78, 5) is 46.0. The van der Waals surface area contributed by atoms with E-state index in [-0.39, 0.29) is 35.8 Å². The smallest absolute Gasteiger partial charge is 0.261 e. The Balaban J connectivity index is 1.40. The number of rotatable bonds is 4. The second kappa shape index (κ2) is 7.40. The molecule has 3 heterocycles. The van der Waals surface area contributed by atoms with Crippen LogP contribution in [0.2, 0.25) is 0 Å². The van der Waals surface area contributed by atoms with Gasteiger partial charge in [0.2, 0.25) is 11.8 Å². The molecule has 0 radical (unpaired) electrons. The van der Waals surface area contributed by atoms with Crippen LogP contribution in [0.25, 0.3) is 16.7 Å². The van der Waals surface area contributed by atoms with Gasteiger partial charge in [0.1, 0.15) is 5.39 Å². The number of carbonyl (C=O) groups excluding carboxylic acids is 2. The molecule has 2 fully saturated rings. The van der Waals surface area contributed by atoms with Crippen LogP contribution in [0, 0.1) is 5.92 Å². The number of aromatic nitrogens is 4. The van der Waals surface area contributed by atoms with Crippen LogP contribution in [0.5, 0.6) is 0 Å². The van der Waals surface area contributed by atoms with Crippen molar-refractivity contribution in [3.8, 4) is 5.69 Å². The quantitative estimate of drug-likeness (QED) is 0.686. The van der Waals surface area contributed by atoms with Gasteiger partial charge in [0.25, 0.3) is 5.56 Å². The first-order valence-corrected chi connectivity index (χ1v) is 10.2. The predicted molar refractivity (Wildman–Crippen MR) is 110 cm³/mol. The van der Waals surface area contributed by atoms with Crippen molar-refractivity contribution in [2.24, 2.45) is 5.92 Å². The summed E-state index contributed by atoms with van der Waals surface area (Å²) < 4.78 is 1.53. The summed E-state index contributed by atoms with van der Waals surface area (Å²) in [5.74, 6) is -0.489. The summed E-state index contributed by atoms with van der Waals surface area (Å²) in [7, 11) is 0. The third kappa shape index (κ3) is 3.16. The molecule has 1 aliphatic carbocycles. The summed E-state index contributed by atoms with van der Waals surface area (Å²) in [5, 5.41) is 7.62. The molecule has 9 nitrogen and oxygen atoms in total. The molecule has 1 atom stereocenters. The van der Waals surface area contributed by atoms with E-state index in [4.69, 9.17) is 0 Å². The Bertz CT molecular complexity index is 1180. The normalized spacial score (nSPS) is 19.7. The minimum atomic E-state index is -0.374. The maximum Gasteiger partial charge on any atom is 0.261 e. The van der Waals surface area contributed by atoms with E-state index in [1.165, 1.54) is 17.2 Å². The zero-order chi connectivity index (χ0) is 20.7. The number of H-pyrrole nitrogens is 1. The second-order valence-corrected chi connectivity index (χ2v) is 7.92. The number of fused-ring (bicyclic) bond motifs is 1. The van der Waals surface area contributed by atoms with Crippen LogP contribution in [0.1, 0.15) is 32.1 Å². The molecule has 1 aliphatic heterocycles. The maximum atomic E-state index is 13.0. The highest BCUT2D eigenvalue weighted by Gasteiger charge is 2.38. The largest absolute Gasteiger partial charge is 0.339 e. The van der Waals surface area contributed by atoms with Crippen LogP contribution in [0.15, 0.2) is 41.6 Å². The molecule has 2 N–H and O–H groups in total. The molecule has 1 unspecified atom stereocenters. The van der Waals surface area contributed by atoms with Crippen LogP contribution in [-0.4, -0.2) is 49.0 Å². The van der Waals surface area contributed by atoms with Crippen molar-refractivity contribution in [2.75, 3.05) is 11.9 Å². The third-order valence-corrected chi connectivity index (χ3v) is 6.06. The van der Waals surface area contributed by atoms with Gasteiger partial charge >= 0.3 is 0 Å². The number of carbonyl (C=O) groups is 2. The zero-order valence-electron chi connectivity index (χ0n) is 16.4. The van der Waals surface area contributed by atoms with Gasteiger partial charge < -0.3 is 15.2 Å². The number of anilines is 1. The van der Waals surface area contributed by atoms with Gasteiger partial charge in [-0.15, -0.1) is 0 Å². The third-order valence-electron chi connectivity index (χ3n) is 6.06.